The molecule has 2 atom stereocenters. The first-order valence-corrected chi connectivity index (χ1v) is 21.5. The lowest BCUT2D eigenvalue weighted by Gasteiger charge is -2.18. The fraction of sp³-hybridized carbons (Fsp3) is 0.628. The molecular weight excluding hydrogens is 691 g/mol. The maximum absolute atomic E-state index is 12.4. The Bertz CT molecular complexity index is 1150. The highest BCUT2D eigenvalue weighted by Crippen LogP contribution is 2.36. The van der Waals surface area contributed by atoms with Gasteiger partial charge in [-0.05, 0) is 89.9 Å². The van der Waals surface area contributed by atoms with Gasteiger partial charge in [-0.25, -0.2) is 4.57 Å². The van der Waals surface area contributed by atoms with Crippen LogP contribution in [-0.4, -0.2) is 52.3 Å². The van der Waals surface area contributed by atoms with E-state index in [1.165, 1.54) is 25.7 Å². The van der Waals surface area contributed by atoms with Crippen molar-refractivity contribution in [1.82, 2.24) is 0 Å². The van der Waals surface area contributed by atoms with E-state index in [0.717, 1.165) is 70.6 Å². The molecule has 0 aromatic heterocycles. The van der Waals surface area contributed by atoms with Gasteiger partial charge >= 0.3 is 19.8 Å². The largest absolute Gasteiger partial charge is 0.469 e. The fourth-order valence-electron chi connectivity index (χ4n) is 4.97. The van der Waals surface area contributed by atoms with E-state index in [4.69, 9.17) is 19.3 Å². The van der Waals surface area contributed by atoms with Gasteiger partial charge in [-0.3, -0.25) is 14.1 Å². The van der Waals surface area contributed by atoms with E-state index in [-0.39, 0.29) is 25.6 Å². The zero-order valence-electron chi connectivity index (χ0n) is 32.7. The van der Waals surface area contributed by atoms with E-state index < -0.39 is 32.5 Å². The van der Waals surface area contributed by atoms with Crippen LogP contribution in [0.3, 0.4) is 0 Å². The summed E-state index contributed by atoms with van der Waals surface area (Å²) in [5, 5.41) is 9.70. The summed E-state index contributed by atoms with van der Waals surface area (Å²) in [6, 6.07) is 0. The Labute approximate surface area is 321 Å². The molecule has 9 nitrogen and oxygen atoms in total. The number of ether oxygens (including phenoxy) is 2. The van der Waals surface area contributed by atoms with Gasteiger partial charge in [0.25, 0.3) is 0 Å². The summed E-state index contributed by atoms with van der Waals surface area (Å²) in [7, 11) is -4.78. The highest BCUT2D eigenvalue weighted by atomic mass is 31.2. The molecule has 53 heavy (non-hydrogen) atoms. The van der Waals surface area contributed by atoms with Crippen LogP contribution in [-0.2, 0) is 28.2 Å². The summed E-state index contributed by atoms with van der Waals surface area (Å²) < 4.78 is 26.3. The SMILES string of the molecule is CCCCC/C=C\C/C=C\C/C=C\CCCCCCC(=O)O[C@H](COC(=O)CCC/C=C\C/C=C\C/C=C\C/C=C\CC(O)CCC)COP(=O)(O)O. The standard InChI is InChI=1S/C43H71O9P/c1-3-5-6-7-8-9-10-11-12-13-14-17-21-24-27-30-33-37-43(46)52-41(39-51-53(47,48)49)38-50-42(45)36-32-29-26-23-20-18-15-16-19-22-25-28-31-35-40(44)34-4-2/h8-9,11-12,14-15,17-19,22-23,26,28,31,40-41,44H,3-7,10,13,16,20-21,24-25,27,29-30,32-39H2,1-2H3,(H2,47,48,49)/b9-8-,12-11-,17-14-,18-15-,22-19-,26-23-,31-28-/t40?,41-/m1/s1. The van der Waals surface area contributed by atoms with Crippen LogP contribution in [0.4, 0.5) is 0 Å². The lowest BCUT2D eigenvalue weighted by molar-refractivity contribution is -0.161. The highest BCUT2D eigenvalue weighted by molar-refractivity contribution is 7.46. The summed E-state index contributed by atoms with van der Waals surface area (Å²) >= 11 is 0. The monoisotopic (exact) mass is 762 g/mol. The summed E-state index contributed by atoms with van der Waals surface area (Å²) in [4.78, 5) is 42.8. The van der Waals surface area contributed by atoms with Gasteiger partial charge in [-0.1, -0.05) is 131 Å². The van der Waals surface area contributed by atoms with Crippen molar-refractivity contribution in [2.45, 2.75) is 161 Å². The molecule has 0 heterocycles. The maximum atomic E-state index is 12.4. The third-order valence-corrected chi connectivity index (χ3v) is 8.43. The van der Waals surface area contributed by atoms with Crippen LogP contribution in [0.15, 0.2) is 85.1 Å². The number of allylic oxidation sites excluding steroid dienone is 13. The lowest BCUT2D eigenvalue weighted by Crippen LogP contribution is -2.29. The number of unbranched alkanes of at least 4 members (excludes halogenated alkanes) is 8. The summed E-state index contributed by atoms with van der Waals surface area (Å²) in [5.74, 6) is -1.01. The van der Waals surface area contributed by atoms with Crippen molar-refractivity contribution in [3.05, 3.63) is 85.1 Å². The van der Waals surface area contributed by atoms with Gasteiger partial charge in [0.1, 0.15) is 6.61 Å². The summed E-state index contributed by atoms with van der Waals surface area (Å²) in [6.07, 6.45) is 46.5. The van der Waals surface area contributed by atoms with Crippen molar-refractivity contribution >= 4 is 19.8 Å². The molecule has 0 rings (SSSR count). The van der Waals surface area contributed by atoms with Crippen LogP contribution >= 0.6 is 7.82 Å². The molecule has 0 bridgehead atoms. The predicted molar refractivity (Wildman–Crippen MR) is 217 cm³/mol. The zero-order valence-corrected chi connectivity index (χ0v) is 33.6. The van der Waals surface area contributed by atoms with Crippen LogP contribution in [0.2, 0.25) is 0 Å². The zero-order chi connectivity index (χ0) is 39.1. The molecule has 10 heteroatoms. The first kappa shape index (κ1) is 50.2. The number of aliphatic hydroxyl groups excluding tert-OH is 1. The Hall–Kier alpha value is -2.81. The van der Waals surface area contributed by atoms with Gasteiger partial charge in [0.15, 0.2) is 6.10 Å². The van der Waals surface area contributed by atoms with Crippen LogP contribution in [0, 0.1) is 0 Å². The topological polar surface area (TPSA) is 140 Å². The third kappa shape index (κ3) is 40.2. The number of phosphoric acid groups is 1. The summed E-state index contributed by atoms with van der Waals surface area (Å²) in [5.41, 5.74) is 0. The molecule has 0 aliphatic carbocycles. The number of aliphatic hydroxyl groups is 1. The van der Waals surface area contributed by atoms with Crippen molar-refractivity contribution in [2.75, 3.05) is 13.2 Å². The van der Waals surface area contributed by atoms with Crippen molar-refractivity contribution in [3.8, 4) is 0 Å². The Balaban J connectivity index is 4.13. The molecule has 0 aromatic rings. The van der Waals surface area contributed by atoms with Gasteiger partial charge in [-0.15, -0.1) is 0 Å². The van der Waals surface area contributed by atoms with Crippen LogP contribution < -0.4 is 0 Å². The van der Waals surface area contributed by atoms with Gasteiger partial charge in [0, 0.05) is 12.8 Å². The first-order valence-electron chi connectivity index (χ1n) is 20.0. The number of phosphoric ester groups is 1. The van der Waals surface area contributed by atoms with E-state index in [1.807, 2.05) is 18.2 Å². The molecule has 0 saturated heterocycles. The summed E-state index contributed by atoms with van der Waals surface area (Å²) in [6.45, 7) is 3.37. The van der Waals surface area contributed by atoms with E-state index in [0.29, 0.717) is 25.7 Å². The maximum Gasteiger partial charge on any atom is 0.469 e. The molecule has 3 N–H and O–H groups in total. The highest BCUT2D eigenvalue weighted by Gasteiger charge is 2.22. The van der Waals surface area contributed by atoms with Gasteiger partial charge < -0.3 is 24.4 Å². The molecule has 0 spiro atoms. The van der Waals surface area contributed by atoms with Crippen molar-refractivity contribution < 1.29 is 43.0 Å². The molecule has 0 amide bonds. The van der Waals surface area contributed by atoms with Crippen molar-refractivity contribution in [1.29, 1.82) is 0 Å². The lowest BCUT2D eigenvalue weighted by atomic mass is 10.1. The second-order valence-corrected chi connectivity index (χ2v) is 14.3. The average Bonchev–Trinajstić information content (AvgIpc) is 3.12. The molecule has 1 unspecified atom stereocenters. The number of esters is 2. The number of carbonyl (C=O) groups is 2. The van der Waals surface area contributed by atoms with Gasteiger partial charge in [-0.2, -0.15) is 0 Å². The molecule has 0 aromatic carbocycles. The number of hydrogen-bond donors (Lipinski definition) is 3. The van der Waals surface area contributed by atoms with Crippen molar-refractivity contribution in [2.24, 2.45) is 0 Å². The molecule has 0 aliphatic heterocycles. The Kier molecular flexibility index (Phi) is 35.5. The minimum Gasteiger partial charge on any atom is -0.462 e. The second-order valence-electron chi connectivity index (χ2n) is 13.1. The van der Waals surface area contributed by atoms with E-state index >= 15 is 0 Å². The molecule has 0 aliphatic rings. The Morgan fingerprint density at radius 3 is 1.57 bits per heavy atom. The van der Waals surface area contributed by atoms with Crippen LogP contribution in [0.1, 0.15) is 149 Å². The molecular formula is C43H71O9P. The Morgan fingerprint density at radius 1 is 0.566 bits per heavy atom. The van der Waals surface area contributed by atoms with Crippen LogP contribution in [0.5, 0.6) is 0 Å². The third-order valence-electron chi connectivity index (χ3n) is 7.94. The van der Waals surface area contributed by atoms with E-state index in [9.17, 15) is 19.3 Å². The molecule has 0 fully saturated rings. The smallest absolute Gasteiger partial charge is 0.462 e. The van der Waals surface area contributed by atoms with Gasteiger partial charge in [0.05, 0.1) is 12.7 Å². The number of carbonyl (C=O) groups excluding carboxylic acids is 2. The predicted octanol–water partition coefficient (Wildman–Crippen LogP) is 11.0. The van der Waals surface area contributed by atoms with E-state index in [1.54, 1.807) is 0 Å². The van der Waals surface area contributed by atoms with Gasteiger partial charge in [0.2, 0.25) is 0 Å². The second kappa shape index (κ2) is 37.5. The van der Waals surface area contributed by atoms with Crippen LogP contribution in [0.25, 0.3) is 0 Å². The number of hydrogen-bond acceptors (Lipinski definition) is 7. The molecule has 0 saturated carbocycles. The normalized spacial score (nSPS) is 14.0. The van der Waals surface area contributed by atoms with Crippen molar-refractivity contribution in [3.63, 3.8) is 0 Å². The quantitative estimate of drug-likeness (QED) is 0.0249. The van der Waals surface area contributed by atoms with E-state index in [2.05, 4.69) is 85.2 Å². The minimum atomic E-state index is -4.78. The average molecular weight is 763 g/mol. The fourth-order valence-corrected chi connectivity index (χ4v) is 5.33. The molecule has 0 radical (unpaired) electrons. The Morgan fingerprint density at radius 2 is 1.04 bits per heavy atom. The molecule has 302 valence electrons. The first-order chi connectivity index (χ1) is 25.7. The minimum absolute atomic E-state index is 0.162. The number of rotatable bonds is 35.